The van der Waals surface area contributed by atoms with Crippen LogP contribution in [0.3, 0.4) is 0 Å². The molecule has 2 aromatic carbocycles. The number of benzene rings is 2. The van der Waals surface area contributed by atoms with E-state index in [0.29, 0.717) is 19.1 Å². The maximum atomic E-state index is 5.90. The van der Waals surface area contributed by atoms with Crippen LogP contribution in [0.1, 0.15) is 5.56 Å². The fraction of sp³-hybridized carbons (Fsp3) is 0.238. The first-order valence-corrected chi connectivity index (χ1v) is 9.43. The summed E-state index contributed by atoms with van der Waals surface area (Å²) in [5.74, 6) is 2.94. The highest BCUT2D eigenvalue weighted by Gasteiger charge is 2.00. The Hall–Kier alpha value is -2.99. The summed E-state index contributed by atoms with van der Waals surface area (Å²) in [6.45, 7) is 1.88. The van der Waals surface area contributed by atoms with Gasteiger partial charge in [-0.1, -0.05) is 23.7 Å². The quantitative estimate of drug-likeness (QED) is 0.497. The maximum Gasteiger partial charge on any atom is 0.224 e. The molecule has 146 valence electrons. The summed E-state index contributed by atoms with van der Waals surface area (Å²) in [6.07, 6.45) is 2.62. The lowest BCUT2D eigenvalue weighted by Gasteiger charge is -2.10. The fourth-order valence-electron chi connectivity index (χ4n) is 2.53. The van der Waals surface area contributed by atoms with Gasteiger partial charge in [0.05, 0.1) is 13.7 Å². The third-order valence-electron chi connectivity index (χ3n) is 4.00. The summed E-state index contributed by atoms with van der Waals surface area (Å²) in [4.78, 5) is 8.69. The Morgan fingerprint density at radius 2 is 1.64 bits per heavy atom. The van der Waals surface area contributed by atoms with E-state index in [2.05, 4.69) is 20.6 Å². The van der Waals surface area contributed by atoms with Gasteiger partial charge in [-0.2, -0.15) is 4.98 Å². The molecule has 0 bridgehead atoms. The van der Waals surface area contributed by atoms with Gasteiger partial charge < -0.3 is 20.1 Å². The van der Waals surface area contributed by atoms with Crippen LogP contribution in [0.5, 0.6) is 11.5 Å². The number of halogens is 1. The van der Waals surface area contributed by atoms with Gasteiger partial charge in [0, 0.05) is 17.8 Å². The topological polar surface area (TPSA) is 68.3 Å². The number of anilines is 2. The molecule has 2 N–H and O–H groups in total. The number of ether oxygens (including phenoxy) is 2. The highest BCUT2D eigenvalue weighted by molar-refractivity contribution is 6.30. The Labute approximate surface area is 169 Å². The van der Waals surface area contributed by atoms with Gasteiger partial charge in [0.1, 0.15) is 23.9 Å². The monoisotopic (exact) mass is 398 g/mol. The van der Waals surface area contributed by atoms with E-state index in [1.54, 1.807) is 13.3 Å². The molecule has 0 saturated heterocycles. The number of hydrogen-bond acceptors (Lipinski definition) is 6. The van der Waals surface area contributed by atoms with E-state index in [0.717, 1.165) is 35.3 Å². The van der Waals surface area contributed by atoms with E-state index in [-0.39, 0.29) is 0 Å². The van der Waals surface area contributed by atoms with Gasteiger partial charge in [-0.25, -0.2) is 4.98 Å². The van der Waals surface area contributed by atoms with Crippen LogP contribution in [0.25, 0.3) is 0 Å². The summed E-state index contributed by atoms with van der Waals surface area (Å²) < 4.78 is 10.8. The first-order chi connectivity index (χ1) is 13.7. The largest absolute Gasteiger partial charge is 0.497 e. The summed E-state index contributed by atoms with van der Waals surface area (Å²) in [5, 5.41) is 7.22. The van der Waals surface area contributed by atoms with Crippen molar-refractivity contribution in [2.75, 3.05) is 37.4 Å². The second-order valence-corrected chi connectivity index (χ2v) is 6.46. The van der Waals surface area contributed by atoms with Crippen LogP contribution in [0, 0.1) is 0 Å². The normalized spacial score (nSPS) is 10.4. The summed E-state index contributed by atoms with van der Waals surface area (Å²) in [7, 11) is 1.64. The molecule has 0 fully saturated rings. The van der Waals surface area contributed by atoms with E-state index in [4.69, 9.17) is 21.1 Å². The van der Waals surface area contributed by atoms with Crippen LogP contribution in [0.4, 0.5) is 11.8 Å². The minimum Gasteiger partial charge on any atom is -0.497 e. The van der Waals surface area contributed by atoms with Crippen molar-refractivity contribution in [2.45, 2.75) is 6.42 Å². The molecule has 6 nitrogen and oxygen atoms in total. The second kappa shape index (κ2) is 10.4. The maximum absolute atomic E-state index is 5.90. The number of nitrogens with one attached hydrogen (secondary N) is 2. The average Bonchev–Trinajstić information content (AvgIpc) is 2.73. The molecule has 1 heterocycles. The van der Waals surface area contributed by atoms with Gasteiger partial charge in [-0.15, -0.1) is 0 Å². The molecule has 3 aromatic rings. The van der Waals surface area contributed by atoms with Crippen molar-refractivity contribution in [1.82, 2.24) is 9.97 Å². The minimum absolute atomic E-state index is 0.504. The van der Waals surface area contributed by atoms with Crippen molar-refractivity contribution in [3.63, 3.8) is 0 Å². The predicted molar refractivity (Wildman–Crippen MR) is 113 cm³/mol. The van der Waals surface area contributed by atoms with Crippen molar-refractivity contribution in [1.29, 1.82) is 0 Å². The first-order valence-electron chi connectivity index (χ1n) is 9.05. The molecule has 0 aliphatic carbocycles. The van der Waals surface area contributed by atoms with Crippen molar-refractivity contribution in [3.8, 4) is 11.5 Å². The first kappa shape index (κ1) is 19.8. The van der Waals surface area contributed by atoms with Crippen LogP contribution in [0.2, 0.25) is 5.02 Å². The van der Waals surface area contributed by atoms with Crippen molar-refractivity contribution in [2.24, 2.45) is 0 Å². The lowest BCUT2D eigenvalue weighted by Crippen LogP contribution is -2.14. The molecule has 0 unspecified atom stereocenters. The van der Waals surface area contributed by atoms with Crippen molar-refractivity contribution < 1.29 is 9.47 Å². The molecule has 0 aliphatic rings. The molecule has 0 atom stereocenters. The lowest BCUT2D eigenvalue weighted by molar-refractivity contribution is 0.331. The van der Waals surface area contributed by atoms with Crippen LogP contribution in [-0.4, -0.2) is 36.8 Å². The summed E-state index contributed by atoms with van der Waals surface area (Å²) in [6, 6.07) is 17.2. The van der Waals surface area contributed by atoms with E-state index >= 15 is 0 Å². The van der Waals surface area contributed by atoms with E-state index in [9.17, 15) is 0 Å². The molecule has 0 spiro atoms. The third kappa shape index (κ3) is 6.32. The van der Waals surface area contributed by atoms with Gasteiger partial charge in [0.15, 0.2) is 0 Å². The molecular formula is C21H23ClN4O2. The number of nitrogens with zero attached hydrogens (tertiary/aromatic N) is 2. The standard InChI is InChI=1S/C21H23ClN4O2/c1-27-18-6-8-19(9-7-18)28-15-14-25-21-24-13-11-20(26-21)23-12-10-16-2-4-17(22)5-3-16/h2-9,11,13H,10,12,14-15H2,1H3,(H2,23,24,25,26). The zero-order valence-corrected chi connectivity index (χ0v) is 16.4. The Morgan fingerprint density at radius 1 is 0.893 bits per heavy atom. The van der Waals surface area contributed by atoms with Gasteiger partial charge in [-0.3, -0.25) is 0 Å². The van der Waals surface area contributed by atoms with E-state index in [1.165, 1.54) is 5.56 Å². The van der Waals surface area contributed by atoms with E-state index in [1.807, 2.05) is 54.6 Å². The van der Waals surface area contributed by atoms with Crippen LogP contribution >= 0.6 is 11.6 Å². The summed E-state index contributed by atoms with van der Waals surface area (Å²) >= 11 is 5.90. The SMILES string of the molecule is COc1ccc(OCCNc2nccc(NCCc3ccc(Cl)cc3)n2)cc1. The number of rotatable bonds is 10. The molecule has 7 heteroatoms. The molecule has 0 saturated carbocycles. The molecule has 0 aliphatic heterocycles. The van der Waals surface area contributed by atoms with Gasteiger partial charge in [0.2, 0.25) is 5.95 Å². The van der Waals surface area contributed by atoms with Crippen LogP contribution in [-0.2, 0) is 6.42 Å². The second-order valence-electron chi connectivity index (χ2n) is 6.02. The molecule has 28 heavy (non-hydrogen) atoms. The average molecular weight is 399 g/mol. The minimum atomic E-state index is 0.504. The number of hydrogen-bond donors (Lipinski definition) is 2. The van der Waals surface area contributed by atoms with Gasteiger partial charge >= 0.3 is 0 Å². The lowest BCUT2D eigenvalue weighted by atomic mass is 10.1. The van der Waals surface area contributed by atoms with Crippen LogP contribution < -0.4 is 20.1 Å². The molecule has 3 rings (SSSR count). The van der Waals surface area contributed by atoms with Crippen molar-refractivity contribution in [3.05, 3.63) is 71.4 Å². The smallest absolute Gasteiger partial charge is 0.224 e. The highest BCUT2D eigenvalue weighted by Crippen LogP contribution is 2.17. The molecule has 0 amide bonds. The Kier molecular flexibility index (Phi) is 7.32. The number of aromatic nitrogens is 2. The number of methoxy groups -OCH3 is 1. The molecule has 0 radical (unpaired) electrons. The summed E-state index contributed by atoms with van der Waals surface area (Å²) in [5.41, 5.74) is 1.22. The Bertz CT molecular complexity index is 857. The Balaban J connectivity index is 1.39. The fourth-order valence-corrected chi connectivity index (χ4v) is 2.66. The van der Waals surface area contributed by atoms with Gasteiger partial charge in [0.25, 0.3) is 0 Å². The predicted octanol–water partition coefficient (Wildman–Crippen LogP) is 4.28. The zero-order chi connectivity index (χ0) is 19.6. The highest BCUT2D eigenvalue weighted by atomic mass is 35.5. The van der Waals surface area contributed by atoms with Crippen molar-refractivity contribution >= 4 is 23.4 Å². The zero-order valence-electron chi connectivity index (χ0n) is 15.7. The Morgan fingerprint density at radius 3 is 2.39 bits per heavy atom. The molecule has 1 aromatic heterocycles. The molecular weight excluding hydrogens is 376 g/mol. The van der Waals surface area contributed by atoms with E-state index < -0.39 is 0 Å². The van der Waals surface area contributed by atoms with Crippen LogP contribution in [0.15, 0.2) is 60.8 Å². The van der Waals surface area contributed by atoms with Gasteiger partial charge in [-0.05, 0) is 54.4 Å². The third-order valence-corrected chi connectivity index (χ3v) is 4.25.